The molecule has 0 saturated carbocycles. The summed E-state index contributed by atoms with van der Waals surface area (Å²) in [6.45, 7) is 1.95. The van der Waals surface area contributed by atoms with E-state index in [1.165, 1.54) is 11.3 Å². The molecule has 0 aliphatic carbocycles. The van der Waals surface area contributed by atoms with Gasteiger partial charge in [0.15, 0.2) is 10.8 Å². The van der Waals surface area contributed by atoms with E-state index >= 15 is 0 Å². The summed E-state index contributed by atoms with van der Waals surface area (Å²) in [5.74, 6) is 1.15. The predicted octanol–water partition coefficient (Wildman–Crippen LogP) is 2.65. The van der Waals surface area contributed by atoms with Crippen LogP contribution in [0.2, 0.25) is 0 Å². The van der Waals surface area contributed by atoms with Crippen molar-refractivity contribution < 1.29 is 0 Å². The van der Waals surface area contributed by atoms with Gasteiger partial charge in [0.05, 0.1) is 5.88 Å². The van der Waals surface area contributed by atoms with Crippen molar-refractivity contribution in [2.24, 2.45) is 0 Å². The molecule has 0 aromatic carbocycles. The average molecular weight is 226 g/mol. The molecular formula is C9H8ClN3S. The third-order valence-corrected chi connectivity index (χ3v) is 3.10. The molecule has 2 aromatic rings. The van der Waals surface area contributed by atoms with Crippen LogP contribution in [0.4, 0.5) is 0 Å². The maximum absolute atomic E-state index is 5.68. The van der Waals surface area contributed by atoms with Crippen LogP contribution in [0.15, 0.2) is 18.6 Å². The fraction of sp³-hybridized carbons (Fsp3) is 0.222. The lowest BCUT2D eigenvalue weighted by Crippen LogP contribution is -1.87. The second-order valence-corrected chi connectivity index (χ2v) is 4.23. The number of nitrogens with zero attached hydrogens (tertiary/aromatic N) is 3. The van der Waals surface area contributed by atoms with Crippen molar-refractivity contribution >= 4 is 22.9 Å². The van der Waals surface area contributed by atoms with Crippen LogP contribution in [0.1, 0.15) is 10.4 Å². The van der Waals surface area contributed by atoms with Gasteiger partial charge in [0.2, 0.25) is 0 Å². The summed E-state index contributed by atoms with van der Waals surface area (Å²) in [6, 6.07) is 0. The van der Waals surface area contributed by atoms with Crippen molar-refractivity contribution in [1.82, 2.24) is 15.0 Å². The number of alkyl halides is 1. The minimum absolute atomic E-state index is 0.490. The highest BCUT2D eigenvalue weighted by Gasteiger charge is 2.05. The van der Waals surface area contributed by atoms with E-state index in [2.05, 4.69) is 15.0 Å². The molecule has 0 N–H and O–H groups in total. The van der Waals surface area contributed by atoms with Crippen LogP contribution in [-0.2, 0) is 5.88 Å². The standard InChI is InChI=1S/C9H8ClN3S/c1-6-3-11-8(12-4-6)9-13-5-7(2-10)14-9/h3-5H,2H2,1H3. The van der Waals surface area contributed by atoms with E-state index in [-0.39, 0.29) is 0 Å². The summed E-state index contributed by atoms with van der Waals surface area (Å²) >= 11 is 7.21. The van der Waals surface area contributed by atoms with Crippen LogP contribution in [0.5, 0.6) is 0 Å². The van der Waals surface area contributed by atoms with Crippen molar-refractivity contribution in [2.75, 3.05) is 0 Å². The van der Waals surface area contributed by atoms with Gasteiger partial charge in [0.25, 0.3) is 0 Å². The monoisotopic (exact) mass is 225 g/mol. The second-order valence-electron chi connectivity index (χ2n) is 2.85. The summed E-state index contributed by atoms with van der Waals surface area (Å²) in [7, 11) is 0. The molecule has 5 heteroatoms. The largest absolute Gasteiger partial charge is 0.241 e. The third-order valence-electron chi connectivity index (χ3n) is 1.66. The smallest absolute Gasteiger partial charge is 0.188 e. The van der Waals surface area contributed by atoms with Gasteiger partial charge in [0, 0.05) is 23.5 Å². The molecule has 2 heterocycles. The highest BCUT2D eigenvalue weighted by molar-refractivity contribution is 7.15. The van der Waals surface area contributed by atoms with Crippen LogP contribution in [-0.4, -0.2) is 15.0 Å². The molecule has 2 aromatic heterocycles. The van der Waals surface area contributed by atoms with Crippen LogP contribution in [0.3, 0.4) is 0 Å². The van der Waals surface area contributed by atoms with Gasteiger partial charge in [-0.3, -0.25) is 0 Å². The van der Waals surface area contributed by atoms with Gasteiger partial charge in [-0.15, -0.1) is 22.9 Å². The summed E-state index contributed by atoms with van der Waals surface area (Å²) < 4.78 is 0. The van der Waals surface area contributed by atoms with Crippen LogP contribution >= 0.6 is 22.9 Å². The molecule has 0 radical (unpaired) electrons. The molecule has 0 fully saturated rings. The molecule has 0 amide bonds. The molecule has 3 nitrogen and oxygen atoms in total. The van der Waals surface area contributed by atoms with E-state index in [1.54, 1.807) is 18.6 Å². The Balaban J connectivity index is 2.34. The number of rotatable bonds is 2. The minimum atomic E-state index is 0.490. The van der Waals surface area contributed by atoms with E-state index in [0.29, 0.717) is 11.7 Å². The van der Waals surface area contributed by atoms with Gasteiger partial charge in [-0.05, 0) is 12.5 Å². The molecule has 0 aliphatic heterocycles. The quantitative estimate of drug-likeness (QED) is 0.738. The SMILES string of the molecule is Cc1cnc(-c2ncc(CCl)s2)nc1. The van der Waals surface area contributed by atoms with Crippen molar-refractivity contribution in [3.63, 3.8) is 0 Å². The lowest BCUT2D eigenvalue weighted by atomic mass is 10.4. The summed E-state index contributed by atoms with van der Waals surface area (Å²) in [5.41, 5.74) is 1.04. The molecule has 0 unspecified atom stereocenters. The lowest BCUT2D eigenvalue weighted by molar-refractivity contribution is 1.13. The van der Waals surface area contributed by atoms with Crippen LogP contribution < -0.4 is 0 Å². The maximum Gasteiger partial charge on any atom is 0.188 e. The molecule has 0 aliphatic rings. The Bertz CT molecular complexity index is 424. The van der Waals surface area contributed by atoms with E-state index in [9.17, 15) is 0 Å². The third kappa shape index (κ3) is 1.91. The van der Waals surface area contributed by atoms with Crippen LogP contribution in [0, 0.1) is 6.92 Å². The second kappa shape index (κ2) is 4.02. The van der Waals surface area contributed by atoms with E-state index < -0.39 is 0 Å². The Morgan fingerprint density at radius 2 is 1.93 bits per heavy atom. The number of hydrogen-bond acceptors (Lipinski definition) is 4. The normalized spacial score (nSPS) is 10.4. The number of aryl methyl sites for hydroxylation is 1. The number of thiazole rings is 1. The van der Waals surface area contributed by atoms with Crippen molar-refractivity contribution in [3.8, 4) is 10.8 Å². The molecule has 0 bridgehead atoms. The van der Waals surface area contributed by atoms with Gasteiger partial charge in [-0.2, -0.15) is 0 Å². The minimum Gasteiger partial charge on any atom is -0.241 e. The van der Waals surface area contributed by atoms with Crippen molar-refractivity contribution in [1.29, 1.82) is 0 Å². The first-order chi connectivity index (χ1) is 6.79. The molecule has 0 spiro atoms. The maximum atomic E-state index is 5.68. The summed E-state index contributed by atoms with van der Waals surface area (Å²) in [4.78, 5) is 13.6. The van der Waals surface area contributed by atoms with Crippen molar-refractivity contribution in [2.45, 2.75) is 12.8 Å². The zero-order valence-electron chi connectivity index (χ0n) is 7.57. The first-order valence-electron chi connectivity index (χ1n) is 4.09. The number of aromatic nitrogens is 3. The number of halogens is 1. The first-order valence-corrected chi connectivity index (χ1v) is 5.44. The summed E-state index contributed by atoms with van der Waals surface area (Å²) in [5, 5.41) is 0.820. The lowest BCUT2D eigenvalue weighted by Gasteiger charge is -1.93. The average Bonchev–Trinajstić information content (AvgIpc) is 2.67. The molecule has 0 saturated heterocycles. The zero-order chi connectivity index (χ0) is 9.97. The van der Waals surface area contributed by atoms with Crippen molar-refractivity contribution in [3.05, 3.63) is 29.0 Å². The Morgan fingerprint density at radius 1 is 1.21 bits per heavy atom. The molecular weight excluding hydrogens is 218 g/mol. The summed E-state index contributed by atoms with van der Waals surface area (Å²) in [6.07, 6.45) is 5.32. The van der Waals surface area contributed by atoms with E-state index in [0.717, 1.165) is 15.4 Å². The van der Waals surface area contributed by atoms with Gasteiger partial charge in [0.1, 0.15) is 0 Å². The van der Waals surface area contributed by atoms with Gasteiger partial charge in [-0.25, -0.2) is 15.0 Å². The van der Waals surface area contributed by atoms with Crippen LogP contribution in [0.25, 0.3) is 10.8 Å². The van der Waals surface area contributed by atoms with E-state index in [4.69, 9.17) is 11.6 Å². The molecule has 72 valence electrons. The van der Waals surface area contributed by atoms with Gasteiger partial charge >= 0.3 is 0 Å². The predicted molar refractivity (Wildman–Crippen MR) is 57.4 cm³/mol. The van der Waals surface area contributed by atoms with Gasteiger partial charge in [-0.1, -0.05) is 0 Å². The number of hydrogen-bond donors (Lipinski definition) is 0. The van der Waals surface area contributed by atoms with Gasteiger partial charge < -0.3 is 0 Å². The molecule has 14 heavy (non-hydrogen) atoms. The first kappa shape index (κ1) is 9.55. The Labute approximate surface area is 90.8 Å². The topological polar surface area (TPSA) is 38.7 Å². The highest BCUT2D eigenvalue weighted by atomic mass is 35.5. The molecule has 2 rings (SSSR count). The molecule has 0 atom stereocenters. The highest BCUT2D eigenvalue weighted by Crippen LogP contribution is 2.22. The fourth-order valence-corrected chi connectivity index (χ4v) is 1.92. The Morgan fingerprint density at radius 3 is 2.50 bits per heavy atom. The Kier molecular flexibility index (Phi) is 2.74. The Hall–Kier alpha value is -1.00. The fourth-order valence-electron chi connectivity index (χ4n) is 0.976. The zero-order valence-corrected chi connectivity index (χ0v) is 9.14. The van der Waals surface area contributed by atoms with E-state index in [1.807, 2.05) is 6.92 Å².